The van der Waals surface area contributed by atoms with E-state index >= 15 is 0 Å². The first kappa shape index (κ1) is 12.5. The monoisotopic (exact) mass is 246 g/mol. The number of nitrogens with zero attached hydrogens (tertiary/aromatic N) is 2. The van der Waals surface area contributed by atoms with E-state index in [4.69, 9.17) is 11.6 Å². The van der Waals surface area contributed by atoms with Crippen LogP contribution in [0.15, 0.2) is 16.7 Å². The van der Waals surface area contributed by atoms with Gasteiger partial charge in [0, 0.05) is 10.9 Å². The van der Waals surface area contributed by atoms with Gasteiger partial charge in [-0.15, -0.1) is 0 Å². The topological polar surface area (TPSA) is 25.2 Å². The molecule has 0 saturated carbocycles. The molecule has 0 aromatic carbocycles. The van der Waals surface area contributed by atoms with E-state index in [1.807, 2.05) is 20.8 Å². The van der Waals surface area contributed by atoms with E-state index in [-0.39, 0.29) is 15.5 Å². The summed E-state index contributed by atoms with van der Waals surface area (Å²) in [5.74, 6) is -0.530. The number of hydrogen-bond acceptors (Lipinski definition) is 3. The van der Waals surface area contributed by atoms with Gasteiger partial charge in [-0.05, 0) is 38.8 Å². The molecular formula is C10H12ClFN2S. The van der Waals surface area contributed by atoms with E-state index in [2.05, 4.69) is 9.38 Å². The first-order chi connectivity index (χ1) is 6.90. The predicted octanol–water partition coefficient (Wildman–Crippen LogP) is 3.74. The molecule has 1 aromatic heterocycles. The molecule has 0 aliphatic rings. The molecule has 0 aliphatic carbocycles. The predicted molar refractivity (Wildman–Crippen MR) is 64.1 cm³/mol. The lowest BCUT2D eigenvalue weighted by molar-refractivity contribution is 0.619. The minimum atomic E-state index is -0.530. The van der Waals surface area contributed by atoms with Crippen molar-refractivity contribution < 1.29 is 4.39 Å². The fourth-order valence-corrected chi connectivity index (χ4v) is 1.38. The standard InChI is InChI=1S/C10H12ClFN2S/c1-10(2,3)15-14-6-8-9(12)7(11)4-5-13-8/h4-6H,1-3H3/b14-6+. The first-order valence-electron chi connectivity index (χ1n) is 4.42. The number of aromatic nitrogens is 1. The summed E-state index contributed by atoms with van der Waals surface area (Å²) in [5.41, 5.74) is 0.166. The Kier molecular flexibility index (Phi) is 4.11. The molecule has 1 heterocycles. The van der Waals surface area contributed by atoms with Crippen LogP contribution in [-0.4, -0.2) is 15.9 Å². The molecule has 5 heteroatoms. The van der Waals surface area contributed by atoms with Gasteiger partial charge in [-0.25, -0.2) is 8.79 Å². The van der Waals surface area contributed by atoms with Crippen molar-refractivity contribution in [3.63, 3.8) is 0 Å². The van der Waals surface area contributed by atoms with E-state index in [1.165, 1.54) is 30.4 Å². The van der Waals surface area contributed by atoms with Gasteiger partial charge in [0.25, 0.3) is 0 Å². The Balaban J connectivity index is 2.77. The Bertz CT molecular complexity index is 374. The van der Waals surface area contributed by atoms with Crippen LogP contribution >= 0.6 is 23.5 Å². The summed E-state index contributed by atoms with van der Waals surface area (Å²) in [4.78, 5) is 3.84. The van der Waals surface area contributed by atoms with Crippen LogP contribution in [0.1, 0.15) is 26.5 Å². The maximum atomic E-state index is 13.3. The second-order valence-corrected chi connectivity index (χ2v) is 5.96. The van der Waals surface area contributed by atoms with Crippen molar-refractivity contribution in [3.05, 3.63) is 28.8 Å². The van der Waals surface area contributed by atoms with Gasteiger partial charge in [-0.1, -0.05) is 11.6 Å². The van der Waals surface area contributed by atoms with Crippen molar-refractivity contribution in [3.8, 4) is 0 Å². The van der Waals surface area contributed by atoms with Gasteiger partial charge < -0.3 is 0 Å². The highest BCUT2D eigenvalue weighted by molar-refractivity contribution is 7.99. The van der Waals surface area contributed by atoms with Gasteiger partial charge in [-0.2, -0.15) is 0 Å². The largest absolute Gasteiger partial charge is 0.252 e. The summed E-state index contributed by atoms with van der Waals surface area (Å²) < 4.78 is 17.4. The number of pyridine rings is 1. The first-order valence-corrected chi connectivity index (χ1v) is 5.57. The summed E-state index contributed by atoms with van der Waals surface area (Å²) >= 11 is 6.96. The van der Waals surface area contributed by atoms with Crippen molar-refractivity contribution in [1.82, 2.24) is 4.98 Å². The van der Waals surface area contributed by atoms with Crippen LogP contribution in [0.3, 0.4) is 0 Å². The second-order valence-electron chi connectivity index (χ2n) is 3.93. The lowest BCUT2D eigenvalue weighted by atomic mass is 10.3. The van der Waals surface area contributed by atoms with E-state index in [1.54, 1.807) is 0 Å². The van der Waals surface area contributed by atoms with Crippen molar-refractivity contribution >= 4 is 29.8 Å². The average Bonchev–Trinajstić information content (AvgIpc) is 2.10. The number of halogens is 2. The molecule has 0 unspecified atom stereocenters. The van der Waals surface area contributed by atoms with E-state index in [0.29, 0.717) is 0 Å². The molecule has 0 aliphatic heterocycles. The Labute approximate surface area is 98.1 Å². The molecule has 0 atom stereocenters. The summed E-state index contributed by atoms with van der Waals surface area (Å²) in [6.45, 7) is 6.07. The van der Waals surface area contributed by atoms with Crippen LogP contribution < -0.4 is 0 Å². The Morgan fingerprint density at radius 3 is 2.80 bits per heavy atom. The minimum absolute atomic E-state index is 0.00551. The summed E-state index contributed by atoms with van der Waals surface area (Å²) in [7, 11) is 0. The van der Waals surface area contributed by atoms with Gasteiger partial charge in [-0.3, -0.25) is 4.98 Å². The van der Waals surface area contributed by atoms with Gasteiger partial charge in [0.1, 0.15) is 5.69 Å². The molecule has 0 bridgehead atoms. The molecule has 1 rings (SSSR count). The van der Waals surface area contributed by atoms with Crippen molar-refractivity contribution in [1.29, 1.82) is 0 Å². The van der Waals surface area contributed by atoms with Crippen LogP contribution in [0.2, 0.25) is 5.02 Å². The Morgan fingerprint density at radius 2 is 2.20 bits per heavy atom. The lowest BCUT2D eigenvalue weighted by Gasteiger charge is -2.12. The highest BCUT2D eigenvalue weighted by Gasteiger charge is 2.10. The lowest BCUT2D eigenvalue weighted by Crippen LogP contribution is -2.05. The van der Waals surface area contributed by atoms with Crippen molar-refractivity contribution in [2.24, 2.45) is 4.40 Å². The summed E-state index contributed by atoms with van der Waals surface area (Å²) in [6.07, 6.45) is 2.84. The van der Waals surface area contributed by atoms with Gasteiger partial charge in [0.2, 0.25) is 0 Å². The third-order valence-corrected chi connectivity index (χ3v) is 2.42. The normalized spacial score (nSPS) is 12.3. The van der Waals surface area contributed by atoms with Crippen LogP contribution in [0, 0.1) is 5.82 Å². The minimum Gasteiger partial charge on any atom is -0.252 e. The third-order valence-electron chi connectivity index (χ3n) is 1.37. The molecule has 0 N–H and O–H groups in total. The zero-order chi connectivity index (χ0) is 11.5. The van der Waals surface area contributed by atoms with Crippen LogP contribution in [-0.2, 0) is 0 Å². The Morgan fingerprint density at radius 1 is 1.53 bits per heavy atom. The van der Waals surface area contributed by atoms with Crippen molar-refractivity contribution in [2.45, 2.75) is 25.5 Å². The molecule has 82 valence electrons. The molecular weight excluding hydrogens is 235 g/mol. The molecule has 1 aromatic rings. The van der Waals surface area contributed by atoms with E-state index < -0.39 is 5.82 Å². The SMILES string of the molecule is CC(C)(C)S/N=C/c1nccc(Cl)c1F. The number of hydrogen-bond donors (Lipinski definition) is 0. The van der Waals surface area contributed by atoms with Gasteiger partial charge in [0.05, 0.1) is 11.2 Å². The highest BCUT2D eigenvalue weighted by Crippen LogP contribution is 2.24. The Hall–Kier alpha value is -0.610. The molecule has 0 fully saturated rings. The van der Waals surface area contributed by atoms with Crippen LogP contribution in [0.25, 0.3) is 0 Å². The summed E-state index contributed by atoms with van der Waals surface area (Å²) in [6, 6.07) is 1.41. The van der Waals surface area contributed by atoms with Crippen LogP contribution in [0.5, 0.6) is 0 Å². The van der Waals surface area contributed by atoms with Gasteiger partial charge >= 0.3 is 0 Å². The van der Waals surface area contributed by atoms with Crippen LogP contribution in [0.4, 0.5) is 4.39 Å². The van der Waals surface area contributed by atoms with Crippen molar-refractivity contribution in [2.75, 3.05) is 0 Å². The molecule has 2 nitrogen and oxygen atoms in total. The smallest absolute Gasteiger partial charge is 0.169 e. The fourth-order valence-electron chi connectivity index (χ4n) is 0.760. The maximum Gasteiger partial charge on any atom is 0.169 e. The fraction of sp³-hybridized carbons (Fsp3) is 0.400. The second kappa shape index (κ2) is 4.94. The summed E-state index contributed by atoms with van der Waals surface area (Å²) in [5, 5.41) is 0.0622. The maximum absolute atomic E-state index is 13.3. The van der Waals surface area contributed by atoms with E-state index in [0.717, 1.165) is 0 Å². The molecule has 0 saturated heterocycles. The van der Waals surface area contributed by atoms with Gasteiger partial charge in [0.15, 0.2) is 5.82 Å². The zero-order valence-electron chi connectivity index (χ0n) is 8.79. The van der Waals surface area contributed by atoms with E-state index in [9.17, 15) is 4.39 Å². The number of rotatable bonds is 2. The molecule has 15 heavy (non-hydrogen) atoms. The zero-order valence-corrected chi connectivity index (χ0v) is 10.4. The highest BCUT2D eigenvalue weighted by atomic mass is 35.5. The molecule has 0 amide bonds. The average molecular weight is 247 g/mol. The third kappa shape index (κ3) is 4.18. The molecule has 0 radical (unpaired) electrons. The molecule has 0 spiro atoms. The quantitative estimate of drug-likeness (QED) is 0.587.